The molecule has 9 N–H and O–H groups in total. The van der Waals surface area contributed by atoms with E-state index < -0.39 is 41.9 Å². The van der Waals surface area contributed by atoms with Gasteiger partial charge < -0.3 is 33.2 Å². The minimum absolute atomic E-state index is 0.0899. The Morgan fingerprint density at radius 3 is 2.20 bits per heavy atom. The molecule has 10 nitrogen and oxygen atoms in total. The number of nitrogens with two attached hydrogens (primary N) is 3. The van der Waals surface area contributed by atoms with Gasteiger partial charge in [-0.1, -0.05) is 56.3 Å². The Bertz CT molecular complexity index is 1040. The molecule has 0 radical (unpaired) electrons. The zero-order valence-electron chi connectivity index (χ0n) is 20.3. The Labute approximate surface area is 205 Å². The van der Waals surface area contributed by atoms with Crippen molar-refractivity contribution in [2.24, 2.45) is 23.1 Å². The van der Waals surface area contributed by atoms with Crippen LogP contribution in [0.3, 0.4) is 0 Å². The first-order valence-electron chi connectivity index (χ1n) is 11.7. The molecular formula is C25H36N6O4. The predicted molar refractivity (Wildman–Crippen MR) is 135 cm³/mol. The van der Waals surface area contributed by atoms with Gasteiger partial charge in [-0.25, -0.2) is 4.79 Å². The second-order valence-corrected chi connectivity index (χ2v) is 9.04. The lowest BCUT2D eigenvalue weighted by molar-refractivity contribution is -0.132. The molecule has 2 rings (SSSR count). The van der Waals surface area contributed by atoms with Crippen molar-refractivity contribution in [3.05, 3.63) is 48.0 Å². The lowest BCUT2D eigenvalue weighted by atomic mass is 9.97. The first-order chi connectivity index (χ1) is 16.6. The largest absolute Gasteiger partial charge is 0.368 e. The summed E-state index contributed by atoms with van der Waals surface area (Å²) in [4.78, 5) is 48.7. The number of primary amides is 2. The Hall–Kier alpha value is -3.66. The van der Waals surface area contributed by atoms with Crippen LogP contribution in [-0.4, -0.2) is 48.4 Å². The number of nitrogens with one attached hydrogen (secondary N) is 3. The summed E-state index contributed by atoms with van der Waals surface area (Å²) in [6.45, 7) is 4.13. The summed E-state index contributed by atoms with van der Waals surface area (Å²) in [5, 5.41) is 9.83. The molecule has 0 heterocycles. The Morgan fingerprint density at radius 1 is 0.886 bits per heavy atom. The lowest BCUT2D eigenvalue weighted by Crippen LogP contribution is -2.56. The number of hydrogen-bond acceptors (Lipinski definition) is 5. The zero-order valence-corrected chi connectivity index (χ0v) is 20.3. The van der Waals surface area contributed by atoms with Crippen LogP contribution in [0.4, 0.5) is 4.79 Å². The molecule has 35 heavy (non-hydrogen) atoms. The monoisotopic (exact) mass is 484 g/mol. The highest BCUT2D eigenvalue weighted by Gasteiger charge is 2.28. The van der Waals surface area contributed by atoms with Gasteiger partial charge in [0, 0.05) is 13.0 Å². The fourth-order valence-corrected chi connectivity index (χ4v) is 3.83. The van der Waals surface area contributed by atoms with Gasteiger partial charge >= 0.3 is 6.03 Å². The van der Waals surface area contributed by atoms with E-state index in [4.69, 9.17) is 17.2 Å². The Morgan fingerprint density at radius 2 is 1.54 bits per heavy atom. The van der Waals surface area contributed by atoms with E-state index in [1.54, 1.807) is 0 Å². The molecule has 2 aromatic rings. The number of amides is 5. The van der Waals surface area contributed by atoms with Crippen LogP contribution in [0.1, 0.15) is 38.7 Å². The van der Waals surface area contributed by atoms with Crippen molar-refractivity contribution < 1.29 is 19.2 Å². The number of urea groups is 1. The maximum atomic E-state index is 13.1. The molecule has 0 saturated heterocycles. The smallest absolute Gasteiger partial charge is 0.312 e. The molecule has 0 aliphatic heterocycles. The van der Waals surface area contributed by atoms with Gasteiger partial charge in [0.25, 0.3) is 0 Å². The third-order valence-electron chi connectivity index (χ3n) is 5.63. The van der Waals surface area contributed by atoms with Crippen molar-refractivity contribution in [3.8, 4) is 0 Å². The summed E-state index contributed by atoms with van der Waals surface area (Å²) in [6, 6.07) is 10.2. The molecular weight excluding hydrogens is 448 g/mol. The SMILES string of the molecule is CC(C)C[C@H](NC(=O)[C@@H](N)CCCNC(N)=O)C(=O)N[C@@H](Cc1cccc2ccccc12)C(N)=O. The van der Waals surface area contributed by atoms with Crippen molar-refractivity contribution in [3.63, 3.8) is 0 Å². The Balaban J connectivity index is 2.07. The van der Waals surface area contributed by atoms with E-state index in [-0.39, 0.29) is 12.3 Å². The first kappa shape index (κ1) is 27.6. The molecule has 0 spiro atoms. The number of carbonyl (C=O) groups is 4. The second-order valence-electron chi connectivity index (χ2n) is 9.04. The standard InChI is InChI=1S/C25H36N6O4/c1-15(2)13-21(31-23(33)19(26)11-6-12-29-25(28)35)24(34)30-20(22(27)32)14-17-9-5-8-16-7-3-4-10-18(16)17/h3-5,7-10,15,19-21H,6,11-14,26H2,1-2H3,(H2,27,32)(H,30,34)(H,31,33)(H3,28,29,35)/t19-,20-,21-/m0/s1. The van der Waals surface area contributed by atoms with E-state index in [1.807, 2.05) is 56.3 Å². The van der Waals surface area contributed by atoms with Gasteiger partial charge in [-0.05, 0) is 41.5 Å². The van der Waals surface area contributed by atoms with E-state index in [9.17, 15) is 19.2 Å². The summed E-state index contributed by atoms with van der Waals surface area (Å²) < 4.78 is 0. The van der Waals surface area contributed by atoms with Gasteiger partial charge in [-0.15, -0.1) is 0 Å². The van der Waals surface area contributed by atoms with Crippen LogP contribution in [0.2, 0.25) is 0 Å². The number of benzene rings is 2. The molecule has 0 aromatic heterocycles. The summed E-state index contributed by atoms with van der Waals surface area (Å²) in [7, 11) is 0. The van der Waals surface area contributed by atoms with Crippen molar-refractivity contribution in [2.75, 3.05) is 6.54 Å². The van der Waals surface area contributed by atoms with Crippen molar-refractivity contribution >= 4 is 34.5 Å². The van der Waals surface area contributed by atoms with Crippen LogP contribution in [0.15, 0.2) is 42.5 Å². The second kappa shape index (κ2) is 13.3. The van der Waals surface area contributed by atoms with Crippen LogP contribution < -0.4 is 33.2 Å². The van der Waals surface area contributed by atoms with Crippen LogP contribution in [0, 0.1) is 5.92 Å². The minimum atomic E-state index is -0.951. The van der Waals surface area contributed by atoms with E-state index in [0.717, 1.165) is 16.3 Å². The van der Waals surface area contributed by atoms with Gasteiger partial charge in [-0.3, -0.25) is 14.4 Å². The fourth-order valence-electron chi connectivity index (χ4n) is 3.83. The minimum Gasteiger partial charge on any atom is -0.368 e. The molecule has 190 valence electrons. The number of carbonyl (C=O) groups excluding carboxylic acids is 4. The predicted octanol–water partition coefficient (Wildman–Crippen LogP) is 0.659. The number of hydrogen-bond donors (Lipinski definition) is 6. The number of fused-ring (bicyclic) bond motifs is 1. The van der Waals surface area contributed by atoms with Gasteiger partial charge in [0.1, 0.15) is 12.1 Å². The van der Waals surface area contributed by atoms with Crippen LogP contribution in [0.5, 0.6) is 0 Å². The average molecular weight is 485 g/mol. The van der Waals surface area contributed by atoms with Crippen LogP contribution in [-0.2, 0) is 20.8 Å². The molecule has 0 aliphatic rings. The highest BCUT2D eigenvalue weighted by Crippen LogP contribution is 2.20. The van der Waals surface area contributed by atoms with E-state index in [2.05, 4.69) is 16.0 Å². The molecule has 10 heteroatoms. The van der Waals surface area contributed by atoms with Gasteiger partial charge in [0.15, 0.2) is 0 Å². The van der Waals surface area contributed by atoms with Crippen LogP contribution >= 0.6 is 0 Å². The van der Waals surface area contributed by atoms with Gasteiger partial charge in [0.05, 0.1) is 6.04 Å². The maximum absolute atomic E-state index is 13.1. The lowest BCUT2D eigenvalue weighted by Gasteiger charge is -2.24. The van der Waals surface area contributed by atoms with E-state index >= 15 is 0 Å². The van der Waals surface area contributed by atoms with Crippen molar-refractivity contribution in [1.82, 2.24) is 16.0 Å². The zero-order chi connectivity index (χ0) is 26.0. The molecule has 3 atom stereocenters. The summed E-state index contributed by atoms with van der Waals surface area (Å²) in [6.07, 6.45) is 1.32. The number of rotatable bonds is 13. The summed E-state index contributed by atoms with van der Waals surface area (Å²) >= 11 is 0. The first-order valence-corrected chi connectivity index (χ1v) is 11.7. The molecule has 2 aromatic carbocycles. The maximum Gasteiger partial charge on any atom is 0.312 e. The Kier molecular flexibility index (Phi) is 10.5. The highest BCUT2D eigenvalue weighted by atomic mass is 16.2. The molecule has 0 fully saturated rings. The third-order valence-corrected chi connectivity index (χ3v) is 5.63. The van der Waals surface area contributed by atoms with Crippen molar-refractivity contribution in [2.45, 2.75) is 57.7 Å². The highest BCUT2D eigenvalue weighted by molar-refractivity contribution is 5.93. The molecule has 0 aliphatic carbocycles. The van der Waals surface area contributed by atoms with Crippen LogP contribution in [0.25, 0.3) is 10.8 Å². The average Bonchev–Trinajstić information content (AvgIpc) is 2.80. The van der Waals surface area contributed by atoms with Gasteiger partial charge in [-0.2, -0.15) is 0 Å². The molecule has 5 amide bonds. The summed E-state index contributed by atoms with van der Waals surface area (Å²) in [5.41, 5.74) is 17.5. The molecule has 0 saturated carbocycles. The van der Waals surface area contributed by atoms with Crippen molar-refractivity contribution in [1.29, 1.82) is 0 Å². The summed E-state index contributed by atoms with van der Waals surface area (Å²) in [5.74, 6) is -1.57. The molecule has 0 bridgehead atoms. The topological polar surface area (TPSA) is 182 Å². The fraction of sp³-hybridized carbons (Fsp3) is 0.440. The third kappa shape index (κ3) is 8.90. The molecule has 0 unspecified atom stereocenters. The normalized spacial score (nSPS) is 13.6. The van der Waals surface area contributed by atoms with Gasteiger partial charge in [0.2, 0.25) is 17.7 Å². The van der Waals surface area contributed by atoms with E-state index in [0.29, 0.717) is 25.8 Å². The quantitative estimate of drug-likeness (QED) is 0.228. The van der Waals surface area contributed by atoms with E-state index in [1.165, 1.54) is 0 Å².